The second-order valence-corrected chi connectivity index (χ2v) is 5.14. The summed E-state index contributed by atoms with van der Waals surface area (Å²) in [6.45, 7) is 1.83. The number of amides is 1. The lowest BCUT2D eigenvalue weighted by molar-refractivity contribution is -0.133. The van der Waals surface area contributed by atoms with Crippen LogP contribution in [0.25, 0.3) is 0 Å². The van der Waals surface area contributed by atoms with Gasteiger partial charge >= 0.3 is 0 Å². The lowest BCUT2D eigenvalue weighted by Crippen LogP contribution is -2.44. The Morgan fingerprint density at radius 1 is 1.53 bits per heavy atom. The molecule has 0 heterocycles. The van der Waals surface area contributed by atoms with Crippen molar-refractivity contribution in [2.45, 2.75) is 26.2 Å². The first-order valence-corrected chi connectivity index (χ1v) is 6.14. The molecule has 2 rings (SSSR count). The lowest BCUT2D eigenvalue weighted by Gasteiger charge is -2.38. The maximum absolute atomic E-state index is 12.1. The number of aliphatic hydroxyl groups is 1. The summed E-state index contributed by atoms with van der Waals surface area (Å²) in [6.07, 6.45) is 2.52. The van der Waals surface area contributed by atoms with E-state index in [1.54, 1.807) is 12.1 Å². The molecule has 1 saturated carbocycles. The first-order chi connectivity index (χ1) is 8.07. The zero-order valence-corrected chi connectivity index (χ0v) is 10.5. The Bertz CT molecular complexity index is 436. The van der Waals surface area contributed by atoms with E-state index < -0.39 is 5.41 Å². The molecule has 2 N–H and O–H groups in total. The van der Waals surface area contributed by atoms with Crippen molar-refractivity contribution >= 4 is 23.2 Å². The van der Waals surface area contributed by atoms with Crippen molar-refractivity contribution in [3.63, 3.8) is 0 Å². The van der Waals surface area contributed by atoms with Gasteiger partial charge in [-0.25, -0.2) is 0 Å². The molecule has 0 bridgehead atoms. The molecule has 1 aromatic rings. The normalized spacial score (nSPS) is 17.4. The van der Waals surface area contributed by atoms with E-state index in [-0.39, 0.29) is 12.5 Å². The van der Waals surface area contributed by atoms with Gasteiger partial charge in [0.25, 0.3) is 0 Å². The smallest absolute Gasteiger partial charge is 0.232 e. The van der Waals surface area contributed by atoms with Crippen LogP contribution in [0.3, 0.4) is 0 Å². The second-order valence-electron chi connectivity index (χ2n) is 4.71. The van der Waals surface area contributed by atoms with Crippen LogP contribution in [0.5, 0.6) is 0 Å². The summed E-state index contributed by atoms with van der Waals surface area (Å²) in [4.78, 5) is 12.1. The van der Waals surface area contributed by atoms with Crippen LogP contribution in [0.15, 0.2) is 18.2 Å². The molecular weight excluding hydrogens is 238 g/mol. The van der Waals surface area contributed by atoms with E-state index in [2.05, 4.69) is 5.32 Å². The van der Waals surface area contributed by atoms with Gasteiger partial charge in [0.15, 0.2) is 0 Å². The fraction of sp³-hybridized carbons (Fsp3) is 0.462. The summed E-state index contributed by atoms with van der Waals surface area (Å²) >= 11 is 5.90. The number of benzene rings is 1. The largest absolute Gasteiger partial charge is 0.395 e. The fourth-order valence-electron chi connectivity index (χ4n) is 2.04. The van der Waals surface area contributed by atoms with Crippen molar-refractivity contribution in [1.82, 2.24) is 0 Å². The monoisotopic (exact) mass is 253 g/mol. The Morgan fingerprint density at radius 2 is 2.24 bits per heavy atom. The number of hydrogen-bond acceptors (Lipinski definition) is 2. The molecule has 3 nitrogen and oxygen atoms in total. The summed E-state index contributed by atoms with van der Waals surface area (Å²) < 4.78 is 0. The highest BCUT2D eigenvalue weighted by Crippen LogP contribution is 2.41. The third kappa shape index (κ3) is 2.31. The molecule has 1 aliphatic carbocycles. The van der Waals surface area contributed by atoms with Crippen molar-refractivity contribution < 1.29 is 9.90 Å². The third-order valence-corrected chi connectivity index (χ3v) is 3.78. The van der Waals surface area contributed by atoms with Gasteiger partial charge in [0.1, 0.15) is 0 Å². The number of anilines is 1. The highest BCUT2D eigenvalue weighted by Gasteiger charge is 2.43. The standard InChI is InChI=1S/C13H16ClNO2/c1-9-3-4-10(14)7-11(9)15-12(17)13(8-16)5-2-6-13/h3-4,7,16H,2,5-6,8H2,1H3,(H,15,17). The summed E-state index contributed by atoms with van der Waals surface area (Å²) in [5, 5.41) is 12.8. The van der Waals surface area contributed by atoms with Crippen LogP contribution < -0.4 is 5.32 Å². The minimum Gasteiger partial charge on any atom is -0.395 e. The molecule has 1 amide bonds. The minimum absolute atomic E-state index is 0.0849. The number of rotatable bonds is 3. The number of carbonyl (C=O) groups excluding carboxylic acids is 1. The van der Waals surface area contributed by atoms with E-state index in [1.165, 1.54) is 0 Å². The predicted octanol–water partition coefficient (Wildman–Crippen LogP) is 2.75. The molecule has 0 spiro atoms. The zero-order chi connectivity index (χ0) is 12.5. The van der Waals surface area contributed by atoms with Crippen molar-refractivity contribution in [3.05, 3.63) is 28.8 Å². The Balaban J connectivity index is 2.15. The molecule has 0 saturated heterocycles. The first kappa shape index (κ1) is 12.4. The number of carbonyl (C=O) groups is 1. The molecule has 0 atom stereocenters. The molecule has 1 aliphatic rings. The van der Waals surface area contributed by atoms with E-state index in [0.29, 0.717) is 5.02 Å². The van der Waals surface area contributed by atoms with Crippen molar-refractivity contribution in [3.8, 4) is 0 Å². The van der Waals surface area contributed by atoms with Crippen LogP contribution in [-0.4, -0.2) is 17.6 Å². The molecule has 0 aliphatic heterocycles. The molecular formula is C13H16ClNO2. The summed E-state index contributed by atoms with van der Waals surface area (Å²) in [5.41, 5.74) is 1.12. The number of hydrogen-bond donors (Lipinski definition) is 2. The Hall–Kier alpha value is -1.06. The molecule has 17 heavy (non-hydrogen) atoms. The van der Waals surface area contributed by atoms with Gasteiger partial charge in [-0.3, -0.25) is 4.79 Å². The first-order valence-electron chi connectivity index (χ1n) is 5.76. The van der Waals surface area contributed by atoms with Gasteiger partial charge in [-0.05, 0) is 37.5 Å². The predicted molar refractivity (Wildman–Crippen MR) is 68.2 cm³/mol. The minimum atomic E-state index is -0.575. The summed E-state index contributed by atoms with van der Waals surface area (Å²) in [7, 11) is 0. The van der Waals surface area contributed by atoms with Crippen LogP contribution in [0, 0.1) is 12.3 Å². The Kier molecular flexibility index (Phi) is 3.40. The zero-order valence-electron chi connectivity index (χ0n) is 9.79. The third-order valence-electron chi connectivity index (χ3n) is 3.54. The van der Waals surface area contributed by atoms with Gasteiger partial charge in [-0.15, -0.1) is 0 Å². The molecule has 1 aromatic carbocycles. The van der Waals surface area contributed by atoms with E-state index in [4.69, 9.17) is 11.6 Å². The quantitative estimate of drug-likeness (QED) is 0.870. The van der Waals surface area contributed by atoms with E-state index in [9.17, 15) is 9.90 Å². The molecule has 0 aromatic heterocycles. The van der Waals surface area contributed by atoms with Gasteiger partial charge in [0, 0.05) is 10.7 Å². The maximum Gasteiger partial charge on any atom is 0.232 e. The van der Waals surface area contributed by atoms with E-state index in [0.717, 1.165) is 30.5 Å². The maximum atomic E-state index is 12.1. The highest BCUT2D eigenvalue weighted by atomic mass is 35.5. The van der Waals surface area contributed by atoms with E-state index >= 15 is 0 Å². The molecule has 4 heteroatoms. The van der Waals surface area contributed by atoms with Crippen molar-refractivity contribution in [2.75, 3.05) is 11.9 Å². The Morgan fingerprint density at radius 3 is 2.76 bits per heavy atom. The molecule has 92 valence electrons. The SMILES string of the molecule is Cc1ccc(Cl)cc1NC(=O)C1(CO)CCC1. The van der Waals surface area contributed by atoms with Gasteiger partial charge < -0.3 is 10.4 Å². The van der Waals surface area contributed by atoms with Crippen LogP contribution in [0.1, 0.15) is 24.8 Å². The van der Waals surface area contributed by atoms with Crippen molar-refractivity contribution in [1.29, 1.82) is 0 Å². The van der Waals surface area contributed by atoms with Crippen LogP contribution in [-0.2, 0) is 4.79 Å². The average molecular weight is 254 g/mol. The van der Waals surface area contributed by atoms with Gasteiger partial charge in [-0.1, -0.05) is 24.1 Å². The van der Waals surface area contributed by atoms with Gasteiger partial charge in [-0.2, -0.15) is 0 Å². The topological polar surface area (TPSA) is 49.3 Å². The molecule has 1 fully saturated rings. The van der Waals surface area contributed by atoms with Crippen LogP contribution in [0.2, 0.25) is 5.02 Å². The summed E-state index contributed by atoms with van der Waals surface area (Å²) in [6, 6.07) is 5.39. The fourth-order valence-corrected chi connectivity index (χ4v) is 2.22. The number of aryl methyl sites for hydroxylation is 1. The number of halogens is 1. The number of nitrogens with one attached hydrogen (secondary N) is 1. The van der Waals surface area contributed by atoms with Gasteiger partial charge in [0.05, 0.1) is 12.0 Å². The summed E-state index contributed by atoms with van der Waals surface area (Å²) in [5.74, 6) is -0.100. The van der Waals surface area contributed by atoms with E-state index in [1.807, 2.05) is 13.0 Å². The Labute approximate surface area is 106 Å². The number of aliphatic hydroxyl groups excluding tert-OH is 1. The van der Waals surface area contributed by atoms with Crippen LogP contribution >= 0.6 is 11.6 Å². The molecule has 0 radical (unpaired) electrons. The van der Waals surface area contributed by atoms with Crippen molar-refractivity contribution in [2.24, 2.45) is 5.41 Å². The van der Waals surface area contributed by atoms with Gasteiger partial charge in [0.2, 0.25) is 5.91 Å². The highest BCUT2D eigenvalue weighted by molar-refractivity contribution is 6.31. The lowest BCUT2D eigenvalue weighted by atomic mass is 9.68. The second kappa shape index (κ2) is 4.67. The van der Waals surface area contributed by atoms with Crippen LogP contribution in [0.4, 0.5) is 5.69 Å². The molecule has 0 unspecified atom stereocenters. The average Bonchev–Trinajstić information content (AvgIpc) is 2.23.